The topological polar surface area (TPSA) is 59.6 Å². The summed E-state index contributed by atoms with van der Waals surface area (Å²) in [5.41, 5.74) is 4.05. The molecular weight excluding hydrogens is 370 g/mol. The van der Waals surface area contributed by atoms with Crippen molar-refractivity contribution in [3.8, 4) is 11.3 Å². The molecule has 0 aliphatic rings. The van der Waals surface area contributed by atoms with Crippen molar-refractivity contribution in [2.45, 2.75) is 46.3 Å². The van der Waals surface area contributed by atoms with Crippen molar-refractivity contribution in [3.63, 3.8) is 0 Å². The van der Waals surface area contributed by atoms with Gasteiger partial charge in [0.1, 0.15) is 22.3 Å². The predicted molar refractivity (Wildman–Crippen MR) is 118 cm³/mol. The van der Waals surface area contributed by atoms with Crippen LogP contribution >= 0.6 is 0 Å². The Hall–Kier alpha value is -2.53. The van der Waals surface area contributed by atoms with Gasteiger partial charge in [0.05, 0.1) is 15.8 Å². The zero-order valence-electron chi connectivity index (χ0n) is 17.1. The fraction of sp³-hybridized carbons (Fsp3) is 0.304. The Kier molecular flexibility index (Phi) is 5.39. The average Bonchev–Trinajstić information content (AvgIpc) is 2.64. The fourth-order valence-corrected chi connectivity index (χ4v) is 3.60. The van der Waals surface area contributed by atoms with E-state index < -0.39 is 15.7 Å². The molecule has 28 heavy (non-hydrogen) atoms. The molecule has 0 amide bonds. The first-order chi connectivity index (χ1) is 13.1. The lowest BCUT2D eigenvalue weighted by Crippen LogP contribution is -2.21. The normalized spacial score (nSPS) is 13.7. The second-order valence-electron chi connectivity index (χ2n) is 7.98. The average molecular weight is 396 g/mol. The van der Waals surface area contributed by atoms with Crippen molar-refractivity contribution in [2.75, 3.05) is 0 Å². The van der Waals surface area contributed by atoms with Crippen molar-refractivity contribution in [1.82, 2.24) is 0 Å². The number of aryl methyl sites for hydroxylation is 1. The van der Waals surface area contributed by atoms with E-state index in [2.05, 4.69) is 4.40 Å². The van der Waals surface area contributed by atoms with Gasteiger partial charge in [-0.3, -0.25) is 4.79 Å². The van der Waals surface area contributed by atoms with Crippen LogP contribution in [0.4, 0.5) is 0 Å². The van der Waals surface area contributed by atoms with Gasteiger partial charge in [-0.15, -0.1) is 0 Å². The molecule has 0 aliphatic heterocycles. The summed E-state index contributed by atoms with van der Waals surface area (Å²) < 4.78 is 22.7. The van der Waals surface area contributed by atoms with Crippen molar-refractivity contribution in [1.29, 1.82) is 0 Å². The van der Waals surface area contributed by atoms with Crippen LogP contribution in [-0.4, -0.2) is 14.7 Å². The fourth-order valence-electron chi connectivity index (χ4n) is 2.98. The van der Waals surface area contributed by atoms with E-state index in [0.29, 0.717) is 33.6 Å². The summed E-state index contributed by atoms with van der Waals surface area (Å²) in [7, 11) is -1.40. The van der Waals surface area contributed by atoms with Gasteiger partial charge in [-0.25, -0.2) is 4.21 Å². The molecule has 0 fully saturated rings. The number of nitrogens with zero attached hydrogens (tertiary/aromatic N) is 1. The second kappa shape index (κ2) is 7.47. The molecule has 0 aliphatic carbocycles. The molecule has 0 spiro atoms. The van der Waals surface area contributed by atoms with E-state index in [1.807, 2.05) is 70.2 Å². The van der Waals surface area contributed by atoms with Crippen LogP contribution in [-0.2, 0) is 11.0 Å². The Morgan fingerprint density at radius 3 is 2.32 bits per heavy atom. The van der Waals surface area contributed by atoms with E-state index in [-0.39, 0.29) is 5.43 Å². The molecular formula is C23H25NO3S. The first-order valence-corrected chi connectivity index (χ1v) is 10.3. The third-order valence-corrected chi connectivity index (χ3v) is 6.02. The number of hydrogen-bond acceptors (Lipinski definition) is 3. The van der Waals surface area contributed by atoms with E-state index in [4.69, 9.17) is 4.42 Å². The van der Waals surface area contributed by atoms with Crippen LogP contribution in [0.25, 0.3) is 22.3 Å². The smallest absolute Gasteiger partial charge is 0.196 e. The molecule has 1 aromatic heterocycles. The van der Waals surface area contributed by atoms with Crippen molar-refractivity contribution < 1.29 is 8.63 Å². The highest BCUT2D eigenvalue weighted by Gasteiger charge is 2.21. The number of rotatable bonds is 3. The van der Waals surface area contributed by atoms with Gasteiger partial charge >= 0.3 is 0 Å². The van der Waals surface area contributed by atoms with Gasteiger partial charge < -0.3 is 4.42 Å². The van der Waals surface area contributed by atoms with E-state index in [9.17, 15) is 9.00 Å². The molecule has 0 unspecified atom stereocenters. The van der Waals surface area contributed by atoms with E-state index in [0.717, 1.165) is 11.1 Å². The molecule has 0 saturated carbocycles. The minimum Gasteiger partial charge on any atom is -0.455 e. The van der Waals surface area contributed by atoms with Gasteiger partial charge in [0.15, 0.2) is 5.43 Å². The van der Waals surface area contributed by atoms with E-state index >= 15 is 0 Å². The molecule has 0 bridgehead atoms. The Bertz CT molecular complexity index is 1150. The predicted octanol–water partition coefficient (Wildman–Crippen LogP) is 5.35. The van der Waals surface area contributed by atoms with E-state index in [1.54, 1.807) is 13.8 Å². The van der Waals surface area contributed by atoms with Crippen molar-refractivity contribution in [2.24, 2.45) is 4.40 Å². The molecule has 2 aromatic carbocycles. The van der Waals surface area contributed by atoms with Crippen molar-refractivity contribution in [3.05, 3.63) is 69.4 Å². The molecule has 1 heterocycles. The first-order valence-electron chi connectivity index (χ1n) is 9.20. The van der Waals surface area contributed by atoms with Gasteiger partial charge in [-0.2, -0.15) is 4.40 Å². The lowest BCUT2D eigenvalue weighted by Gasteiger charge is -2.15. The van der Waals surface area contributed by atoms with Crippen LogP contribution in [0.5, 0.6) is 0 Å². The number of benzene rings is 2. The highest BCUT2D eigenvalue weighted by atomic mass is 32.2. The quantitative estimate of drug-likeness (QED) is 0.562. The molecule has 146 valence electrons. The third kappa shape index (κ3) is 3.85. The number of fused-ring (bicyclic) bond motifs is 1. The molecule has 5 heteroatoms. The standard InChI is InChI=1S/C23H25NO3S/c1-14-12-18(16(3)24-28(26)23(4,5)6)22-19(13-14)20(25)15(2)21(27-22)17-10-8-7-9-11-17/h7-13H,1-6H3/t28-/m1/s1. The Morgan fingerprint density at radius 1 is 1.07 bits per heavy atom. The SMILES string of the molecule is CC(=N[S@](=O)C(C)(C)C)c1cc(C)cc2c(=O)c(C)c(-c3ccccc3)oc12. The summed E-state index contributed by atoms with van der Waals surface area (Å²) in [4.78, 5) is 13.1. The highest BCUT2D eigenvalue weighted by molar-refractivity contribution is 7.85. The first kappa shape index (κ1) is 20.2. The van der Waals surface area contributed by atoms with Gasteiger partial charge in [0.2, 0.25) is 0 Å². The van der Waals surface area contributed by atoms with Crippen LogP contribution in [0, 0.1) is 13.8 Å². The summed E-state index contributed by atoms with van der Waals surface area (Å²) in [5.74, 6) is 0.549. The molecule has 3 rings (SSSR count). The highest BCUT2D eigenvalue weighted by Crippen LogP contribution is 2.29. The zero-order valence-corrected chi connectivity index (χ0v) is 17.9. The Labute approximate surface area is 167 Å². The molecule has 1 atom stereocenters. The Balaban J connectivity index is 2.33. The third-order valence-electron chi connectivity index (χ3n) is 4.53. The van der Waals surface area contributed by atoms with E-state index in [1.165, 1.54) is 0 Å². The summed E-state index contributed by atoms with van der Waals surface area (Å²) in [5, 5.41) is 0.517. The van der Waals surface area contributed by atoms with Crippen LogP contribution < -0.4 is 5.43 Å². The molecule has 3 aromatic rings. The second-order valence-corrected chi connectivity index (χ2v) is 9.88. The lowest BCUT2D eigenvalue weighted by atomic mass is 10.0. The maximum atomic E-state index is 13.1. The summed E-state index contributed by atoms with van der Waals surface area (Å²) >= 11 is 0. The van der Waals surface area contributed by atoms with Crippen LogP contribution in [0.3, 0.4) is 0 Å². The summed E-state index contributed by atoms with van der Waals surface area (Å²) in [6.07, 6.45) is 0. The van der Waals surface area contributed by atoms with Gasteiger partial charge in [0.25, 0.3) is 0 Å². The minimum atomic E-state index is -1.40. The monoisotopic (exact) mass is 395 g/mol. The van der Waals surface area contributed by atoms with Crippen LogP contribution in [0.1, 0.15) is 44.4 Å². The van der Waals surface area contributed by atoms with Crippen molar-refractivity contribution >= 4 is 27.7 Å². The van der Waals surface area contributed by atoms with Gasteiger partial charge in [-0.1, -0.05) is 30.3 Å². The lowest BCUT2D eigenvalue weighted by molar-refractivity contribution is 0.613. The number of hydrogen-bond donors (Lipinski definition) is 0. The molecule has 0 saturated heterocycles. The van der Waals surface area contributed by atoms with Gasteiger partial charge in [-0.05, 0) is 59.2 Å². The molecule has 0 radical (unpaired) electrons. The maximum Gasteiger partial charge on any atom is 0.196 e. The Morgan fingerprint density at radius 2 is 1.71 bits per heavy atom. The van der Waals surface area contributed by atoms with Crippen LogP contribution in [0.2, 0.25) is 0 Å². The summed E-state index contributed by atoms with van der Waals surface area (Å²) in [6.45, 7) is 11.2. The maximum absolute atomic E-state index is 13.1. The summed E-state index contributed by atoms with van der Waals surface area (Å²) in [6, 6.07) is 13.3. The van der Waals surface area contributed by atoms with Gasteiger partial charge in [0, 0.05) is 16.7 Å². The molecule has 4 nitrogen and oxygen atoms in total. The molecule has 0 N–H and O–H groups in total. The zero-order chi connectivity index (χ0) is 20.6. The minimum absolute atomic E-state index is 0.0604. The largest absolute Gasteiger partial charge is 0.455 e. The van der Waals surface area contributed by atoms with Crippen LogP contribution in [0.15, 0.2) is 56.1 Å².